The van der Waals surface area contributed by atoms with E-state index in [1.54, 1.807) is 0 Å². The van der Waals surface area contributed by atoms with E-state index in [0.29, 0.717) is 39.0 Å². The Morgan fingerprint density at radius 1 is 1.00 bits per heavy atom. The second kappa shape index (κ2) is 10.3. The van der Waals surface area contributed by atoms with E-state index in [0.717, 1.165) is 41.3 Å². The lowest BCUT2D eigenvalue weighted by Gasteiger charge is -2.31. The number of rotatable bonds is 6. The molecule has 1 fully saturated rings. The Kier molecular flexibility index (Phi) is 6.79. The average Bonchev–Trinajstić information content (AvgIpc) is 3.04. The van der Waals surface area contributed by atoms with E-state index >= 15 is 0 Å². The van der Waals surface area contributed by atoms with Crippen LogP contribution >= 0.6 is 0 Å². The molecule has 0 bridgehead atoms. The number of amides is 2. The minimum atomic E-state index is -0.0842. The molecule has 1 aromatic heterocycles. The summed E-state index contributed by atoms with van der Waals surface area (Å²) >= 11 is 0. The summed E-state index contributed by atoms with van der Waals surface area (Å²) in [6, 6.07) is 15.6. The molecular formula is C27H32N4O3. The van der Waals surface area contributed by atoms with Crippen molar-refractivity contribution in [2.24, 2.45) is 5.92 Å². The topological polar surface area (TPSA) is 76.5 Å². The fourth-order valence-corrected chi connectivity index (χ4v) is 4.99. The zero-order valence-electron chi connectivity index (χ0n) is 19.5. The number of hydrogen-bond acceptors (Lipinski definition) is 4. The number of hydrogen-bond donors (Lipinski definition) is 1. The summed E-state index contributed by atoms with van der Waals surface area (Å²) in [6.07, 6.45) is 6.36. The van der Waals surface area contributed by atoms with Gasteiger partial charge in [-0.1, -0.05) is 24.6 Å². The van der Waals surface area contributed by atoms with Crippen molar-refractivity contribution < 1.29 is 14.3 Å². The van der Waals surface area contributed by atoms with Gasteiger partial charge in [0.2, 0.25) is 11.8 Å². The van der Waals surface area contributed by atoms with Gasteiger partial charge in [-0.2, -0.15) is 0 Å². The molecule has 3 heterocycles. The van der Waals surface area contributed by atoms with E-state index < -0.39 is 0 Å². The maximum absolute atomic E-state index is 12.9. The first-order valence-electron chi connectivity index (χ1n) is 12.4. The molecule has 0 unspecified atom stereocenters. The molecule has 2 aliphatic heterocycles. The number of piperidine rings is 1. The van der Waals surface area contributed by atoms with Crippen LogP contribution in [0.5, 0.6) is 5.75 Å². The molecule has 34 heavy (non-hydrogen) atoms. The molecule has 2 aliphatic rings. The first-order valence-corrected chi connectivity index (χ1v) is 12.4. The zero-order chi connectivity index (χ0) is 23.3. The number of nitrogens with zero attached hydrogens (tertiary/aromatic N) is 3. The second-order valence-electron chi connectivity index (χ2n) is 9.25. The molecule has 0 atom stereocenters. The van der Waals surface area contributed by atoms with Crippen molar-refractivity contribution in [3.63, 3.8) is 0 Å². The Morgan fingerprint density at radius 3 is 2.65 bits per heavy atom. The molecule has 1 N–H and O–H groups in total. The van der Waals surface area contributed by atoms with Crippen molar-refractivity contribution in [2.45, 2.75) is 51.5 Å². The number of imidazole rings is 1. The number of likely N-dealkylation sites (tertiary alicyclic amines) is 1. The SMILES string of the molecule is O=C(Nc1ccc2c(c1)nc1n2CCCCC1)C1CCN(C(=O)CCOc2ccccc2)CC1. The zero-order valence-corrected chi connectivity index (χ0v) is 19.5. The predicted molar refractivity (Wildman–Crippen MR) is 132 cm³/mol. The molecule has 3 aromatic rings. The molecule has 5 rings (SSSR count). The van der Waals surface area contributed by atoms with E-state index in [1.165, 1.54) is 19.3 Å². The lowest BCUT2D eigenvalue weighted by Crippen LogP contribution is -2.41. The summed E-state index contributed by atoms with van der Waals surface area (Å²) < 4.78 is 7.96. The van der Waals surface area contributed by atoms with Crippen LogP contribution in [0.1, 0.15) is 44.3 Å². The Bertz CT molecular complexity index is 1150. The van der Waals surface area contributed by atoms with Crippen molar-refractivity contribution in [1.29, 1.82) is 0 Å². The van der Waals surface area contributed by atoms with Crippen molar-refractivity contribution in [3.8, 4) is 5.75 Å². The highest BCUT2D eigenvalue weighted by molar-refractivity contribution is 5.94. The van der Waals surface area contributed by atoms with Crippen LogP contribution in [0.3, 0.4) is 0 Å². The van der Waals surface area contributed by atoms with Gasteiger partial charge in [-0.25, -0.2) is 4.98 Å². The largest absolute Gasteiger partial charge is 0.493 e. The van der Waals surface area contributed by atoms with Gasteiger partial charge in [0.05, 0.1) is 24.1 Å². The Morgan fingerprint density at radius 2 is 1.82 bits per heavy atom. The van der Waals surface area contributed by atoms with Gasteiger partial charge in [-0.15, -0.1) is 0 Å². The third-order valence-electron chi connectivity index (χ3n) is 6.92. The van der Waals surface area contributed by atoms with E-state index in [1.807, 2.05) is 47.4 Å². The van der Waals surface area contributed by atoms with Crippen LogP contribution in [-0.2, 0) is 22.6 Å². The van der Waals surface area contributed by atoms with Crippen molar-refractivity contribution in [2.75, 3.05) is 25.0 Å². The molecular weight excluding hydrogens is 428 g/mol. The molecule has 0 aliphatic carbocycles. The highest BCUT2D eigenvalue weighted by Gasteiger charge is 2.27. The smallest absolute Gasteiger partial charge is 0.227 e. The van der Waals surface area contributed by atoms with Gasteiger partial charge >= 0.3 is 0 Å². The van der Waals surface area contributed by atoms with Crippen LogP contribution in [0.4, 0.5) is 5.69 Å². The van der Waals surface area contributed by atoms with Gasteiger partial charge in [0.1, 0.15) is 11.6 Å². The number of benzene rings is 2. The standard InChI is InChI=1S/C27H32N4O3/c32-26(14-18-34-22-7-3-1-4-8-22)30-16-12-20(13-17-30)27(33)28-21-10-11-24-23(19-21)29-25-9-5-2-6-15-31(24)25/h1,3-4,7-8,10-11,19-20H,2,5-6,9,12-18H2,(H,28,33). The molecule has 7 nitrogen and oxygen atoms in total. The van der Waals surface area contributed by atoms with E-state index in [-0.39, 0.29) is 17.7 Å². The van der Waals surface area contributed by atoms with E-state index in [4.69, 9.17) is 9.72 Å². The maximum atomic E-state index is 12.9. The number of aromatic nitrogens is 2. The quantitative estimate of drug-likeness (QED) is 0.591. The van der Waals surface area contributed by atoms with Crippen LogP contribution in [0.2, 0.25) is 0 Å². The van der Waals surface area contributed by atoms with Gasteiger partial charge in [0.15, 0.2) is 0 Å². The monoisotopic (exact) mass is 460 g/mol. The number of carbonyl (C=O) groups excluding carboxylic acids is 2. The van der Waals surface area contributed by atoms with Crippen molar-refractivity contribution in [3.05, 3.63) is 54.4 Å². The van der Waals surface area contributed by atoms with Crippen LogP contribution in [-0.4, -0.2) is 46.0 Å². The number of aryl methyl sites for hydroxylation is 2. The predicted octanol–water partition coefficient (Wildman–Crippen LogP) is 4.41. The van der Waals surface area contributed by atoms with Crippen molar-refractivity contribution >= 4 is 28.5 Å². The number of ether oxygens (including phenoxy) is 1. The lowest BCUT2D eigenvalue weighted by molar-refractivity contribution is -0.135. The molecule has 2 aromatic carbocycles. The normalized spacial score (nSPS) is 16.6. The average molecular weight is 461 g/mol. The molecule has 178 valence electrons. The number of nitrogens with one attached hydrogen (secondary N) is 1. The second-order valence-corrected chi connectivity index (χ2v) is 9.25. The third kappa shape index (κ3) is 5.08. The van der Waals surface area contributed by atoms with E-state index in [2.05, 4.69) is 16.0 Å². The fraction of sp³-hybridized carbons (Fsp3) is 0.444. The van der Waals surface area contributed by atoms with E-state index in [9.17, 15) is 9.59 Å². The fourth-order valence-electron chi connectivity index (χ4n) is 4.99. The number of para-hydroxylation sites is 1. The maximum Gasteiger partial charge on any atom is 0.227 e. The van der Waals surface area contributed by atoms with Crippen LogP contribution in [0.25, 0.3) is 11.0 Å². The Balaban J connectivity index is 1.11. The Hall–Kier alpha value is -3.35. The molecule has 1 saturated heterocycles. The van der Waals surface area contributed by atoms with Gasteiger partial charge in [-0.3, -0.25) is 9.59 Å². The van der Waals surface area contributed by atoms with Crippen LogP contribution in [0, 0.1) is 5.92 Å². The van der Waals surface area contributed by atoms with Gasteiger partial charge in [-0.05, 0) is 56.0 Å². The minimum Gasteiger partial charge on any atom is -0.493 e. The third-order valence-corrected chi connectivity index (χ3v) is 6.92. The summed E-state index contributed by atoms with van der Waals surface area (Å²) in [6.45, 7) is 2.60. The summed E-state index contributed by atoms with van der Waals surface area (Å²) in [5, 5.41) is 3.08. The summed E-state index contributed by atoms with van der Waals surface area (Å²) in [5.41, 5.74) is 2.90. The van der Waals surface area contributed by atoms with Crippen LogP contribution in [0.15, 0.2) is 48.5 Å². The first-order chi connectivity index (χ1) is 16.7. The number of anilines is 1. The first kappa shape index (κ1) is 22.4. The lowest BCUT2D eigenvalue weighted by atomic mass is 9.95. The van der Waals surface area contributed by atoms with Crippen molar-refractivity contribution in [1.82, 2.24) is 14.5 Å². The van der Waals surface area contributed by atoms with Gasteiger partial charge in [0, 0.05) is 37.7 Å². The molecule has 0 radical (unpaired) electrons. The molecule has 0 spiro atoms. The highest BCUT2D eigenvalue weighted by Crippen LogP contribution is 2.26. The summed E-state index contributed by atoms with van der Waals surface area (Å²) in [5.74, 6) is 1.95. The number of fused-ring (bicyclic) bond motifs is 3. The minimum absolute atomic E-state index is 0.0274. The van der Waals surface area contributed by atoms with Crippen LogP contribution < -0.4 is 10.1 Å². The summed E-state index contributed by atoms with van der Waals surface area (Å²) in [7, 11) is 0. The van der Waals surface area contributed by atoms with Gasteiger partial charge in [0.25, 0.3) is 0 Å². The highest BCUT2D eigenvalue weighted by atomic mass is 16.5. The number of carbonyl (C=O) groups is 2. The molecule has 7 heteroatoms. The molecule has 2 amide bonds. The molecule has 0 saturated carbocycles. The summed E-state index contributed by atoms with van der Waals surface area (Å²) in [4.78, 5) is 32.1. The van der Waals surface area contributed by atoms with Gasteiger partial charge < -0.3 is 19.5 Å². The Labute approximate surface area is 200 Å².